The molecule has 0 aliphatic carbocycles. The lowest BCUT2D eigenvalue weighted by atomic mass is 10.0. The molecule has 1 aromatic carbocycles. The summed E-state index contributed by atoms with van der Waals surface area (Å²) >= 11 is 0. The highest BCUT2D eigenvalue weighted by Gasteiger charge is 2.31. The summed E-state index contributed by atoms with van der Waals surface area (Å²) in [7, 11) is 1.82. The van der Waals surface area contributed by atoms with Crippen molar-refractivity contribution in [3.8, 4) is 0 Å². The zero-order chi connectivity index (χ0) is 14.7. The number of nitrogens with zero attached hydrogens (tertiary/aromatic N) is 1. The van der Waals surface area contributed by atoms with Crippen LogP contribution in [0.25, 0.3) is 0 Å². The van der Waals surface area contributed by atoms with Crippen LogP contribution in [0, 0.1) is 0 Å². The van der Waals surface area contributed by atoms with E-state index in [2.05, 4.69) is 31.3 Å². The molecule has 0 spiro atoms. The molecule has 1 aliphatic heterocycles. The van der Waals surface area contributed by atoms with E-state index in [1.54, 1.807) is 4.90 Å². The standard InChI is InChI=1S/C16H24N2O2/c1-11(2)13-6-5-7-14(10-13)18(4)16(19)15-12(3)20-9-8-17-15/h5-7,10-12,15,17H,8-9H2,1-4H3/t12-,15+/m1/s1. The smallest absolute Gasteiger partial charge is 0.246 e. The highest BCUT2D eigenvalue weighted by molar-refractivity contribution is 5.97. The van der Waals surface area contributed by atoms with Crippen LogP contribution < -0.4 is 10.2 Å². The lowest BCUT2D eigenvalue weighted by Crippen LogP contribution is -2.55. The number of ether oxygens (including phenoxy) is 1. The first-order chi connectivity index (χ1) is 9.50. The molecule has 4 heteroatoms. The number of hydrogen-bond donors (Lipinski definition) is 1. The zero-order valence-corrected chi connectivity index (χ0v) is 12.7. The molecule has 2 rings (SSSR count). The van der Waals surface area contributed by atoms with E-state index < -0.39 is 0 Å². The fourth-order valence-electron chi connectivity index (χ4n) is 2.44. The van der Waals surface area contributed by atoms with Gasteiger partial charge in [0.05, 0.1) is 12.7 Å². The Hall–Kier alpha value is -1.39. The molecule has 0 radical (unpaired) electrons. The van der Waals surface area contributed by atoms with Gasteiger partial charge in [-0.2, -0.15) is 0 Å². The molecule has 1 N–H and O–H groups in total. The normalized spacial score (nSPS) is 22.9. The molecule has 1 saturated heterocycles. The van der Waals surface area contributed by atoms with Gasteiger partial charge < -0.3 is 15.0 Å². The van der Waals surface area contributed by atoms with E-state index in [-0.39, 0.29) is 18.1 Å². The predicted octanol–water partition coefficient (Wildman–Crippen LogP) is 2.15. The van der Waals surface area contributed by atoms with Crippen LogP contribution in [0.4, 0.5) is 5.69 Å². The fourth-order valence-corrected chi connectivity index (χ4v) is 2.44. The van der Waals surface area contributed by atoms with Crippen molar-refractivity contribution in [3.05, 3.63) is 29.8 Å². The number of benzene rings is 1. The minimum Gasteiger partial charge on any atom is -0.375 e. The lowest BCUT2D eigenvalue weighted by molar-refractivity contribution is -0.126. The maximum atomic E-state index is 12.6. The number of carbonyl (C=O) groups excluding carboxylic acids is 1. The third kappa shape index (κ3) is 3.19. The summed E-state index contributed by atoms with van der Waals surface area (Å²) in [6.45, 7) is 7.63. The summed E-state index contributed by atoms with van der Waals surface area (Å²) < 4.78 is 5.55. The van der Waals surface area contributed by atoms with Crippen molar-refractivity contribution >= 4 is 11.6 Å². The molecule has 20 heavy (non-hydrogen) atoms. The number of amides is 1. The van der Waals surface area contributed by atoms with Crippen LogP contribution in [-0.2, 0) is 9.53 Å². The Morgan fingerprint density at radius 3 is 2.85 bits per heavy atom. The molecule has 0 aromatic heterocycles. The summed E-state index contributed by atoms with van der Waals surface area (Å²) in [4.78, 5) is 14.3. The first-order valence-corrected chi connectivity index (χ1v) is 7.23. The van der Waals surface area contributed by atoms with Gasteiger partial charge in [0.2, 0.25) is 5.91 Å². The number of carbonyl (C=O) groups is 1. The minimum atomic E-state index is -0.267. The molecule has 1 aromatic rings. The van der Waals surface area contributed by atoms with E-state index in [0.717, 1.165) is 12.2 Å². The molecule has 110 valence electrons. The van der Waals surface area contributed by atoms with Crippen LogP contribution in [-0.4, -0.2) is 38.3 Å². The number of likely N-dealkylation sites (N-methyl/N-ethyl adjacent to an activating group) is 1. The van der Waals surface area contributed by atoms with Crippen molar-refractivity contribution in [3.63, 3.8) is 0 Å². The van der Waals surface area contributed by atoms with Crippen LogP contribution >= 0.6 is 0 Å². The number of rotatable bonds is 3. The van der Waals surface area contributed by atoms with E-state index in [4.69, 9.17) is 4.74 Å². The van der Waals surface area contributed by atoms with E-state index >= 15 is 0 Å². The van der Waals surface area contributed by atoms with Crippen molar-refractivity contribution < 1.29 is 9.53 Å². The quantitative estimate of drug-likeness (QED) is 0.919. The first-order valence-electron chi connectivity index (χ1n) is 7.23. The van der Waals surface area contributed by atoms with Gasteiger partial charge in [-0.15, -0.1) is 0 Å². The monoisotopic (exact) mass is 276 g/mol. The molecule has 1 amide bonds. The van der Waals surface area contributed by atoms with Crippen LogP contribution in [0.3, 0.4) is 0 Å². The highest BCUT2D eigenvalue weighted by Crippen LogP contribution is 2.22. The van der Waals surface area contributed by atoms with Crippen molar-refractivity contribution in [2.24, 2.45) is 0 Å². The van der Waals surface area contributed by atoms with Crippen molar-refractivity contribution in [1.29, 1.82) is 0 Å². The lowest BCUT2D eigenvalue weighted by Gasteiger charge is -2.32. The zero-order valence-electron chi connectivity index (χ0n) is 12.7. The third-order valence-corrected chi connectivity index (χ3v) is 3.84. The molecule has 0 saturated carbocycles. The molecule has 1 fully saturated rings. The number of morpholine rings is 1. The predicted molar refractivity (Wildman–Crippen MR) is 81.1 cm³/mol. The topological polar surface area (TPSA) is 41.6 Å². The van der Waals surface area contributed by atoms with Crippen LogP contribution in [0.5, 0.6) is 0 Å². The van der Waals surface area contributed by atoms with Gasteiger partial charge in [-0.3, -0.25) is 4.79 Å². The van der Waals surface area contributed by atoms with Gasteiger partial charge in [-0.1, -0.05) is 26.0 Å². The molecular weight excluding hydrogens is 252 g/mol. The van der Waals surface area contributed by atoms with Crippen LogP contribution in [0.2, 0.25) is 0 Å². The van der Waals surface area contributed by atoms with Gasteiger partial charge in [0, 0.05) is 19.3 Å². The van der Waals surface area contributed by atoms with E-state index in [1.165, 1.54) is 5.56 Å². The Morgan fingerprint density at radius 2 is 2.20 bits per heavy atom. The second kappa shape index (κ2) is 6.37. The van der Waals surface area contributed by atoms with Crippen molar-refractivity contribution in [1.82, 2.24) is 5.32 Å². The Labute approximate surface area is 121 Å². The summed E-state index contributed by atoms with van der Waals surface area (Å²) in [6.07, 6.45) is -0.0908. The van der Waals surface area contributed by atoms with Gasteiger partial charge in [0.1, 0.15) is 6.04 Å². The van der Waals surface area contributed by atoms with Crippen LogP contribution in [0.1, 0.15) is 32.3 Å². The average Bonchev–Trinajstić information content (AvgIpc) is 2.46. The third-order valence-electron chi connectivity index (χ3n) is 3.84. The average molecular weight is 276 g/mol. The number of hydrogen-bond acceptors (Lipinski definition) is 3. The van der Waals surface area contributed by atoms with Crippen molar-refractivity contribution in [2.45, 2.75) is 38.8 Å². The Kier molecular flexibility index (Phi) is 4.78. The Bertz CT molecular complexity index is 473. The fraction of sp³-hybridized carbons (Fsp3) is 0.562. The van der Waals surface area contributed by atoms with Gasteiger partial charge in [-0.25, -0.2) is 0 Å². The summed E-state index contributed by atoms with van der Waals surface area (Å²) in [5, 5.41) is 3.24. The SMILES string of the molecule is CC(C)c1cccc(N(C)C(=O)[C@H]2NCCO[C@@H]2C)c1. The highest BCUT2D eigenvalue weighted by atomic mass is 16.5. The molecule has 1 aliphatic rings. The molecule has 2 atom stereocenters. The maximum Gasteiger partial charge on any atom is 0.246 e. The number of nitrogens with one attached hydrogen (secondary N) is 1. The minimum absolute atomic E-state index is 0.0538. The summed E-state index contributed by atoms with van der Waals surface area (Å²) in [5.74, 6) is 0.506. The van der Waals surface area contributed by atoms with Gasteiger partial charge in [0.25, 0.3) is 0 Å². The molecule has 0 bridgehead atoms. The summed E-state index contributed by atoms with van der Waals surface area (Å²) in [5.41, 5.74) is 2.17. The second-order valence-corrected chi connectivity index (χ2v) is 5.65. The van der Waals surface area contributed by atoms with Gasteiger partial charge >= 0.3 is 0 Å². The molecular formula is C16H24N2O2. The largest absolute Gasteiger partial charge is 0.375 e. The molecule has 4 nitrogen and oxygen atoms in total. The van der Waals surface area contributed by atoms with E-state index in [9.17, 15) is 4.79 Å². The van der Waals surface area contributed by atoms with Crippen molar-refractivity contribution in [2.75, 3.05) is 25.1 Å². The van der Waals surface area contributed by atoms with E-state index in [1.807, 2.05) is 26.1 Å². The second-order valence-electron chi connectivity index (χ2n) is 5.65. The maximum absolute atomic E-state index is 12.6. The number of anilines is 1. The van der Waals surface area contributed by atoms with Gasteiger partial charge in [0.15, 0.2) is 0 Å². The molecule has 0 unspecified atom stereocenters. The summed E-state index contributed by atoms with van der Waals surface area (Å²) in [6, 6.07) is 7.88. The van der Waals surface area contributed by atoms with E-state index in [0.29, 0.717) is 12.5 Å². The Balaban J connectivity index is 2.15. The van der Waals surface area contributed by atoms with Crippen LogP contribution in [0.15, 0.2) is 24.3 Å². The Morgan fingerprint density at radius 1 is 1.45 bits per heavy atom. The molecule has 1 heterocycles. The first kappa shape index (κ1) is 15.0. The van der Waals surface area contributed by atoms with Gasteiger partial charge in [-0.05, 0) is 30.5 Å².